The molecule has 4 aromatic rings. The number of aliphatic imine (C=N–C) groups is 1. The zero-order valence-corrected chi connectivity index (χ0v) is 20.8. The number of rotatable bonds is 6. The maximum absolute atomic E-state index is 14.1. The smallest absolute Gasteiger partial charge is 0.274 e. The van der Waals surface area contributed by atoms with Crippen molar-refractivity contribution < 1.29 is 23.8 Å². The van der Waals surface area contributed by atoms with Gasteiger partial charge in [0, 0.05) is 16.7 Å². The zero-order valence-electron chi connectivity index (χ0n) is 20.0. The Morgan fingerprint density at radius 1 is 0.892 bits per heavy atom. The highest BCUT2D eigenvalue weighted by atomic mass is 35.5. The van der Waals surface area contributed by atoms with Crippen molar-refractivity contribution in [2.75, 3.05) is 19.5 Å². The molecule has 1 aliphatic rings. The fourth-order valence-electron chi connectivity index (χ4n) is 4.28. The highest BCUT2D eigenvalue weighted by Crippen LogP contribution is 2.39. The van der Waals surface area contributed by atoms with Gasteiger partial charge in [-0.3, -0.25) is 9.79 Å². The first kappa shape index (κ1) is 24.3. The summed E-state index contributed by atoms with van der Waals surface area (Å²) in [6, 6.07) is 20.9. The molecule has 0 bridgehead atoms. The van der Waals surface area contributed by atoms with Crippen molar-refractivity contribution in [3.8, 4) is 39.5 Å². The number of benzene rings is 4. The lowest BCUT2D eigenvalue weighted by Gasteiger charge is -2.11. The van der Waals surface area contributed by atoms with Gasteiger partial charge < -0.3 is 19.9 Å². The molecule has 0 aliphatic carbocycles. The van der Waals surface area contributed by atoms with E-state index in [1.165, 1.54) is 26.4 Å². The van der Waals surface area contributed by atoms with Gasteiger partial charge in [-0.1, -0.05) is 54.1 Å². The number of aromatic hydroxyl groups is 1. The van der Waals surface area contributed by atoms with Crippen molar-refractivity contribution >= 4 is 28.9 Å². The molecule has 0 aromatic heterocycles. The van der Waals surface area contributed by atoms with Crippen LogP contribution in [0.15, 0.2) is 77.8 Å². The number of carbonyl (C=O) groups excluding carboxylic acids is 1. The van der Waals surface area contributed by atoms with Crippen LogP contribution < -0.4 is 14.8 Å². The predicted molar refractivity (Wildman–Crippen MR) is 142 cm³/mol. The van der Waals surface area contributed by atoms with Crippen LogP contribution in [0.5, 0.6) is 17.2 Å². The van der Waals surface area contributed by atoms with Crippen molar-refractivity contribution in [3.63, 3.8) is 0 Å². The number of phenolic OH excluding ortho intramolecular Hbond substituents is 1. The average Bonchev–Trinajstić information content (AvgIpc) is 3.20. The number of halogens is 2. The van der Waals surface area contributed by atoms with E-state index in [1.807, 2.05) is 42.5 Å². The number of amides is 1. The molecule has 0 unspecified atom stereocenters. The van der Waals surface area contributed by atoms with E-state index in [2.05, 4.69) is 10.3 Å². The van der Waals surface area contributed by atoms with Gasteiger partial charge in [0.05, 0.1) is 31.5 Å². The van der Waals surface area contributed by atoms with Gasteiger partial charge in [-0.25, -0.2) is 4.39 Å². The number of anilines is 1. The van der Waals surface area contributed by atoms with Crippen LogP contribution in [0, 0.1) is 5.82 Å². The Kier molecular flexibility index (Phi) is 6.54. The molecule has 1 amide bonds. The maximum atomic E-state index is 14.1. The molecule has 8 heteroatoms. The first-order chi connectivity index (χ1) is 17.9. The summed E-state index contributed by atoms with van der Waals surface area (Å²) in [5.74, 6) is -0.232. The van der Waals surface area contributed by atoms with Crippen molar-refractivity contribution in [1.29, 1.82) is 0 Å². The van der Waals surface area contributed by atoms with E-state index in [9.17, 15) is 14.3 Å². The van der Waals surface area contributed by atoms with E-state index in [0.717, 1.165) is 16.7 Å². The SMILES string of the molecule is COc1ccc(C/N=C2\C(=O)Nc3cc(Cl)c(-c4ccc(-c5cccc(OC)c5O)cc4)cc32)cc1F. The number of ether oxygens (including phenoxy) is 2. The Balaban J connectivity index is 1.46. The summed E-state index contributed by atoms with van der Waals surface area (Å²) in [7, 11) is 2.90. The molecule has 0 fully saturated rings. The number of nitrogens with one attached hydrogen (secondary N) is 1. The van der Waals surface area contributed by atoms with Crippen molar-refractivity contribution in [1.82, 2.24) is 0 Å². The molecular formula is C29H22ClFN2O4. The molecule has 1 heterocycles. The van der Waals surface area contributed by atoms with Crippen LogP contribution in [0.4, 0.5) is 10.1 Å². The standard InChI is InChI=1S/C29H22ClFN2O4/c1-36-25-11-6-16(12-23(25)31)15-32-27-21-13-20(22(30)14-24(21)33-29(27)35)18-9-7-17(8-10-18)19-4-3-5-26(37-2)28(19)34/h3-14,34H,15H2,1-2H3,(H,32,33,35). The summed E-state index contributed by atoms with van der Waals surface area (Å²) in [6.07, 6.45) is 0. The summed E-state index contributed by atoms with van der Waals surface area (Å²) < 4.78 is 24.2. The summed E-state index contributed by atoms with van der Waals surface area (Å²) in [6.45, 7) is 0.125. The minimum Gasteiger partial charge on any atom is -0.504 e. The highest BCUT2D eigenvalue weighted by molar-refractivity contribution is 6.54. The normalized spacial score (nSPS) is 13.4. The topological polar surface area (TPSA) is 80.2 Å². The largest absolute Gasteiger partial charge is 0.504 e. The third kappa shape index (κ3) is 4.61. The Bertz CT molecular complexity index is 1550. The van der Waals surface area contributed by atoms with E-state index < -0.39 is 5.82 Å². The number of para-hydroxylation sites is 1. The third-order valence-electron chi connectivity index (χ3n) is 6.19. The van der Waals surface area contributed by atoms with Gasteiger partial charge in [0.2, 0.25) is 0 Å². The number of phenols is 1. The third-order valence-corrected chi connectivity index (χ3v) is 6.50. The molecule has 0 saturated heterocycles. The van der Waals surface area contributed by atoms with Crippen LogP contribution in [0.1, 0.15) is 11.1 Å². The summed E-state index contributed by atoms with van der Waals surface area (Å²) >= 11 is 6.58. The molecule has 4 aromatic carbocycles. The van der Waals surface area contributed by atoms with E-state index in [4.69, 9.17) is 21.1 Å². The van der Waals surface area contributed by atoms with Crippen molar-refractivity contribution in [2.24, 2.45) is 4.99 Å². The van der Waals surface area contributed by atoms with Crippen LogP contribution in [0.25, 0.3) is 22.3 Å². The Morgan fingerprint density at radius 2 is 1.59 bits per heavy atom. The number of carbonyl (C=O) groups is 1. The van der Waals surface area contributed by atoms with Gasteiger partial charge in [0.25, 0.3) is 5.91 Å². The Hall–Kier alpha value is -4.36. The minimum absolute atomic E-state index is 0.0653. The van der Waals surface area contributed by atoms with Gasteiger partial charge in [-0.2, -0.15) is 0 Å². The van der Waals surface area contributed by atoms with Crippen molar-refractivity contribution in [3.05, 3.63) is 94.8 Å². The molecule has 0 saturated carbocycles. The number of hydrogen-bond donors (Lipinski definition) is 2. The van der Waals surface area contributed by atoms with Crippen LogP contribution >= 0.6 is 11.6 Å². The Morgan fingerprint density at radius 3 is 2.27 bits per heavy atom. The second kappa shape index (κ2) is 9.95. The summed E-state index contributed by atoms with van der Waals surface area (Å²) in [4.78, 5) is 17.1. The molecule has 6 nitrogen and oxygen atoms in total. The van der Waals surface area contributed by atoms with E-state index in [0.29, 0.717) is 33.1 Å². The lowest BCUT2D eigenvalue weighted by Crippen LogP contribution is -2.14. The quantitative estimate of drug-likeness (QED) is 0.307. The first-order valence-corrected chi connectivity index (χ1v) is 11.8. The molecule has 186 valence electrons. The van der Waals surface area contributed by atoms with E-state index in [-0.39, 0.29) is 29.7 Å². The van der Waals surface area contributed by atoms with Gasteiger partial charge in [0.1, 0.15) is 5.71 Å². The number of methoxy groups -OCH3 is 2. The molecule has 0 atom stereocenters. The molecule has 0 spiro atoms. The molecule has 0 radical (unpaired) electrons. The van der Waals surface area contributed by atoms with E-state index >= 15 is 0 Å². The minimum atomic E-state index is -0.490. The number of fused-ring (bicyclic) bond motifs is 1. The van der Waals surface area contributed by atoms with Gasteiger partial charge in [0.15, 0.2) is 23.1 Å². The molecule has 5 rings (SSSR count). The summed E-state index contributed by atoms with van der Waals surface area (Å²) in [5, 5.41) is 13.7. The Labute approximate surface area is 218 Å². The first-order valence-electron chi connectivity index (χ1n) is 11.4. The second-order valence-electron chi connectivity index (χ2n) is 8.40. The lowest BCUT2D eigenvalue weighted by molar-refractivity contribution is -0.110. The van der Waals surface area contributed by atoms with Gasteiger partial charge in [-0.15, -0.1) is 0 Å². The lowest BCUT2D eigenvalue weighted by atomic mass is 9.97. The zero-order chi connectivity index (χ0) is 26.1. The molecule has 37 heavy (non-hydrogen) atoms. The fraction of sp³-hybridized carbons (Fsp3) is 0.103. The van der Waals surface area contributed by atoms with Crippen molar-refractivity contribution in [2.45, 2.75) is 6.54 Å². The van der Waals surface area contributed by atoms with Crippen LogP contribution in [-0.2, 0) is 11.3 Å². The van der Waals surface area contributed by atoms with Crippen LogP contribution in [-0.4, -0.2) is 30.9 Å². The second-order valence-corrected chi connectivity index (χ2v) is 8.81. The van der Waals surface area contributed by atoms with Crippen LogP contribution in [0.2, 0.25) is 5.02 Å². The predicted octanol–water partition coefficient (Wildman–Crippen LogP) is 6.48. The van der Waals surface area contributed by atoms with E-state index in [1.54, 1.807) is 18.2 Å². The number of hydrogen-bond acceptors (Lipinski definition) is 5. The molecular weight excluding hydrogens is 495 g/mol. The molecule has 2 N–H and O–H groups in total. The molecule has 1 aliphatic heterocycles. The fourth-order valence-corrected chi connectivity index (χ4v) is 4.56. The summed E-state index contributed by atoms with van der Waals surface area (Å²) in [5.41, 5.74) is 5.05. The van der Waals surface area contributed by atoms with Gasteiger partial charge >= 0.3 is 0 Å². The average molecular weight is 517 g/mol. The van der Waals surface area contributed by atoms with Crippen LogP contribution in [0.3, 0.4) is 0 Å². The number of nitrogens with zero attached hydrogens (tertiary/aromatic N) is 1. The van der Waals surface area contributed by atoms with Gasteiger partial charge in [-0.05, 0) is 47.0 Å². The highest BCUT2D eigenvalue weighted by Gasteiger charge is 2.27. The maximum Gasteiger partial charge on any atom is 0.274 e. The monoisotopic (exact) mass is 516 g/mol.